The molecule has 0 bridgehead atoms. The van der Waals surface area contributed by atoms with Gasteiger partial charge in [0.05, 0.1) is 0 Å². The highest BCUT2D eigenvalue weighted by molar-refractivity contribution is 5.93. The normalized spacial score (nSPS) is 16.7. The minimum absolute atomic E-state index is 0.0223. The number of anilines is 2. The second-order valence-electron chi connectivity index (χ2n) is 7.30. The average molecular weight is 434 g/mol. The lowest BCUT2D eigenvalue weighted by Crippen LogP contribution is -2.38. The number of piperidine rings is 1. The largest absolute Gasteiger partial charge is 0.454 e. The maximum Gasteiger partial charge on any atom is 0.453 e. The van der Waals surface area contributed by atoms with Crippen molar-refractivity contribution in [1.82, 2.24) is 19.8 Å². The van der Waals surface area contributed by atoms with Gasteiger partial charge in [0.2, 0.25) is 12.7 Å². The van der Waals surface area contributed by atoms with Gasteiger partial charge in [0.25, 0.3) is 5.82 Å². The zero-order valence-corrected chi connectivity index (χ0v) is 16.1. The Hall–Kier alpha value is -3.57. The van der Waals surface area contributed by atoms with E-state index in [-0.39, 0.29) is 24.3 Å². The molecule has 1 aromatic carbocycles. The van der Waals surface area contributed by atoms with Crippen LogP contribution in [0.25, 0.3) is 5.65 Å². The van der Waals surface area contributed by atoms with Crippen molar-refractivity contribution >= 4 is 23.1 Å². The fourth-order valence-electron chi connectivity index (χ4n) is 3.71. The predicted octanol–water partition coefficient (Wildman–Crippen LogP) is 2.73. The Morgan fingerprint density at radius 3 is 2.61 bits per heavy atom. The van der Waals surface area contributed by atoms with Gasteiger partial charge in [-0.3, -0.25) is 4.79 Å². The molecule has 1 saturated heterocycles. The van der Waals surface area contributed by atoms with Crippen LogP contribution in [0.15, 0.2) is 30.3 Å². The van der Waals surface area contributed by atoms with Gasteiger partial charge < -0.3 is 19.7 Å². The lowest BCUT2D eigenvalue weighted by atomic mass is 9.96. The number of nitrogens with zero attached hydrogens (tertiary/aromatic N) is 5. The lowest BCUT2D eigenvalue weighted by Gasteiger charge is -2.32. The SMILES string of the molecule is O=C(Nc1ccc2c(c1)OCO2)C1CCN(c2ccc3nnc(C(F)(F)F)n3n2)CC1. The van der Waals surface area contributed by atoms with Gasteiger partial charge in [0.15, 0.2) is 17.1 Å². The number of hydrogen-bond donors (Lipinski definition) is 1. The van der Waals surface area contributed by atoms with E-state index in [1.54, 1.807) is 24.3 Å². The highest BCUT2D eigenvalue weighted by Crippen LogP contribution is 2.34. The summed E-state index contributed by atoms with van der Waals surface area (Å²) in [4.78, 5) is 14.5. The number of carbonyl (C=O) groups excluding carboxylic acids is 1. The van der Waals surface area contributed by atoms with Crippen molar-refractivity contribution in [1.29, 1.82) is 0 Å². The van der Waals surface area contributed by atoms with E-state index >= 15 is 0 Å². The third kappa shape index (κ3) is 3.68. The second kappa shape index (κ2) is 7.29. The molecule has 2 aliphatic rings. The molecule has 0 unspecified atom stereocenters. The molecule has 0 aliphatic carbocycles. The topological polar surface area (TPSA) is 93.9 Å². The maximum absolute atomic E-state index is 13.1. The van der Waals surface area contributed by atoms with Gasteiger partial charge in [0.1, 0.15) is 5.82 Å². The zero-order chi connectivity index (χ0) is 21.6. The first-order chi connectivity index (χ1) is 14.9. The molecule has 12 heteroatoms. The number of benzene rings is 1. The van der Waals surface area contributed by atoms with Gasteiger partial charge in [-0.15, -0.1) is 15.3 Å². The molecule has 31 heavy (non-hydrogen) atoms. The number of nitrogens with one attached hydrogen (secondary N) is 1. The minimum Gasteiger partial charge on any atom is -0.454 e. The van der Waals surface area contributed by atoms with E-state index in [9.17, 15) is 18.0 Å². The fourth-order valence-corrected chi connectivity index (χ4v) is 3.71. The molecule has 1 amide bonds. The summed E-state index contributed by atoms with van der Waals surface area (Å²) < 4.78 is 50.5. The number of ether oxygens (including phenoxy) is 2. The Labute approximate surface area is 173 Å². The van der Waals surface area contributed by atoms with E-state index in [4.69, 9.17) is 9.47 Å². The van der Waals surface area contributed by atoms with E-state index in [0.29, 0.717) is 53.5 Å². The van der Waals surface area contributed by atoms with Crippen molar-refractivity contribution in [3.8, 4) is 11.5 Å². The van der Waals surface area contributed by atoms with Crippen LogP contribution in [0.5, 0.6) is 11.5 Å². The van der Waals surface area contributed by atoms with Crippen LogP contribution in [0.3, 0.4) is 0 Å². The summed E-state index contributed by atoms with van der Waals surface area (Å²) in [5.41, 5.74) is 0.644. The molecular formula is C19H17F3N6O3. The van der Waals surface area contributed by atoms with Crippen LogP contribution in [-0.4, -0.2) is 45.6 Å². The molecular weight excluding hydrogens is 417 g/mol. The van der Waals surface area contributed by atoms with Gasteiger partial charge in [-0.1, -0.05) is 0 Å². The van der Waals surface area contributed by atoms with Gasteiger partial charge in [0, 0.05) is 30.8 Å². The first-order valence-electron chi connectivity index (χ1n) is 9.63. The molecule has 9 nitrogen and oxygen atoms in total. The van der Waals surface area contributed by atoms with Crippen molar-refractivity contribution in [3.05, 3.63) is 36.2 Å². The van der Waals surface area contributed by atoms with Gasteiger partial charge in [-0.25, -0.2) is 0 Å². The molecule has 0 atom stereocenters. The molecule has 0 saturated carbocycles. The van der Waals surface area contributed by atoms with E-state index < -0.39 is 12.0 Å². The number of hydrogen-bond acceptors (Lipinski definition) is 7. The van der Waals surface area contributed by atoms with Crippen LogP contribution in [0.1, 0.15) is 18.7 Å². The van der Waals surface area contributed by atoms with Crippen molar-refractivity contribution in [2.45, 2.75) is 19.0 Å². The number of aromatic nitrogens is 4. The Kier molecular flexibility index (Phi) is 4.56. The molecule has 1 fully saturated rings. The van der Waals surface area contributed by atoms with Crippen LogP contribution in [0.2, 0.25) is 0 Å². The number of carbonyl (C=O) groups is 1. The Morgan fingerprint density at radius 1 is 1.06 bits per heavy atom. The first-order valence-corrected chi connectivity index (χ1v) is 9.63. The second-order valence-corrected chi connectivity index (χ2v) is 7.30. The predicted molar refractivity (Wildman–Crippen MR) is 102 cm³/mol. The highest BCUT2D eigenvalue weighted by Gasteiger charge is 2.38. The molecule has 0 radical (unpaired) electrons. The zero-order valence-electron chi connectivity index (χ0n) is 16.1. The monoisotopic (exact) mass is 434 g/mol. The summed E-state index contributed by atoms with van der Waals surface area (Å²) >= 11 is 0. The summed E-state index contributed by atoms with van der Waals surface area (Å²) in [7, 11) is 0. The minimum atomic E-state index is -4.65. The molecule has 1 N–H and O–H groups in total. The third-order valence-corrected chi connectivity index (χ3v) is 5.33. The third-order valence-electron chi connectivity index (χ3n) is 5.33. The molecule has 162 valence electrons. The standard InChI is InChI=1S/C19H17F3N6O3/c20-19(21,22)18-25-24-15-3-4-16(26-28(15)18)27-7-5-11(6-8-27)17(29)23-12-1-2-13-14(9-12)31-10-30-13/h1-4,9,11H,5-8,10H2,(H,23,29). The molecule has 2 aliphatic heterocycles. The van der Waals surface area contributed by atoms with Gasteiger partial charge in [-0.2, -0.15) is 17.7 Å². The first kappa shape index (κ1) is 19.4. The summed E-state index contributed by atoms with van der Waals surface area (Å²) in [5.74, 6) is 0.111. The molecule has 0 spiro atoms. The van der Waals surface area contributed by atoms with Crippen LogP contribution < -0.4 is 19.7 Å². The van der Waals surface area contributed by atoms with E-state index in [0.717, 1.165) is 0 Å². The molecule has 2 aromatic heterocycles. The van der Waals surface area contributed by atoms with Crippen molar-refractivity contribution in [3.63, 3.8) is 0 Å². The average Bonchev–Trinajstić information content (AvgIpc) is 3.39. The van der Waals surface area contributed by atoms with Gasteiger partial charge in [-0.05, 0) is 37.1 Å². The van der Waals surface area contributed by atoms with Crippen molar-refractivity contribution in [2.75, 3.05) is 30.1 Å². The maximum atomic E-state index is 13.1. The van der Waals surface area contributed by atoms with Crippen molar-refractivity contribution < 1.29 is 27.4 Å². The lowest BCUT2D eigenvalue weighted by molar-refractivity contribution is -0.146. The van der Waals surface area contributed by atoms with E-state index in [1.165, 1.54) is 6.07 Å². The number of alkyl halides is 3. The molecule has 3 aromatic rings. The van der Waals surface area contributed by atoms with E-state index in [2.05, 4.69) is 20.6 Å². The summed E-state index contributed by atoms with van der Waals surface area (Å²) in [5, 5.41) is 13.7. The van der Waals surface area contributed by atoms with Crippen LogP contribution in [0, 0.1) is 5.92 Å². The smallest absolute Gasteiger partial charge is 0.453 e. The Morgan fingerprint density at radius 2 is 1.84 bits per heavy atom. The van der Waals surface area contributed by atoms with Crippen molar-refractivity contribution in [2.24, 2.45) is 5.92 Å². The summed E-state index contributed by atoms with van der Waals surface area (Å²) in [6.07, 6.45) is -3.56. The number of amides is 1. The molecule has 4 heterocycles. The van der Waals surface area contributed by atoms with Crippen LogP contribution in [-0.2, 0) is 11.0 Å². The quantitative estimate of drug-likeness (QED) is 0.678. The molecule has 5 rings (SSSR count). The summed E-state index contributed by atoms with van der Waals surface area (Å²) in [6.45, 7) is 1.13. The van der Waals surface area contributed by atoms with Crippen LogP contribution in [0.4, 0.5) is 24.7 Å². The Balaban J connectivity index is 1.24. The Bertz CT molecular complexity index is 1140. The van der Waals surface area contributed by atoms with Crippen LogP contribution >= 0.6 is 0 Å². The number of halogens is 3. The highest BCUT2D eigenvalue weighted by atomic mass is 19.4. The summed E-state index contributed by atoms with van der Waals surface area (Å²) in [6, 6.07) is 8.26. The fraction of sp³-hybridized carbons (Fsp3) is 0.368. The number of rotatable bonds is 3. The van der Waals surface area contributed by atoms with Gasteiger partial charge >= 0.3 is 6.18 Å². The number of fused-ring (bicyclic) bond motifs is 2. The van der Waals surface area contributed by atoms with E-state index in [1.807, 2.05) is 4.90 Å².